The summed E-state index contributed by atoms with van der Waals surface area (Å²) in [6.45, 7) is 4.93. The quantitative estimate of drug-likeness (QED) is 0.583. The normalized spacial score (nSPS) is 27.9. The van der Waals surface area contributed by atoms with Crippen molar-refractivity contribution >= 4 is 41.0 Å². The van der Waals surface area contributed by atoms with E-state index in [0.717, 1.165) is 0 Å². The van der Waals surface area contributed by atoms with E-state index in [2.05, 4.69) is 4.98 Å². The Morgan fingerprint density at radius 3 is 2.57 bits per heavy atom. The molecule has 0 saturated carbocycles. The fraction of sp³-hybridized carbons (Fsp3) is 0.682. The molecule has 0 radical (unpaired) electrons. The Kier molecular flexibility index (Phi) is 5.96. The second-order valence-corrected chi connectivity index (χ2v) is 11.0. The monoisotopic (exact) mass is 533 g/mol. The molecule has 3 saturated heterocycles. The Hall–Kier alpha value is -2.11. The molecule has 1 aromatic rings. The number of pyridine rings is 1. The van der Waals surface area contributed by atoms with Gasteiger partial charge in [0.2, 0.25) is 0 Å². The van der Waals surface area contributed by atoms with Gasteiger partial charge in [0.1, 0.15) is 23.0 Å². The summed E-state index contributed by atoms with van der Waals surface area (Å²) in [5.74, 6) is -2.64. The van der Waals surface area contributed by atoms with Crippen molar-refractivity contribution in [2.45, 2.75) is 50.2 Å². The number of rotatable bonds is 2. The van der Waals surface area contributed by atoms with Crippen molar-refractivity contribution in [2.24, 2.45) is 0 Å². The van der Waals surface area contributed by atoms with E-state index < -0.39 is 23.6 Å². The molecule has 4 aliphatic heterocycles. The Balaban J connectivity index is 1.51. The summed E-state index contributed by atoms with van der Waals surface area (Å²) in [5, 5.41) is 9.38. The topological polar surface area (TPSA) is 89.5 Å². The number of ether oxygens (including phenoxy) is 1. The van der Waals surface area contributed by atoms with Gasteiger partial charge in [-0.05, 0) is 20.3 Å². The highest BCUT2D eigenvalue weighted by Gasteiger charge is 2.49. The summed E-state index contributed by atoms with van der Waals surface area (Å²) in [6.07, 6.45) is -0.616. The third-order valence-electron chi connectivity index (χ3n) is 7.51. The number of likely N-dealkylation sites (tertiary alicyclic amines) is 1. The number of piperazine rings is 1. The second-order valence-electron chi connectivity index (χ2n) is 10.3. The van der Waals surface area contributed by atoms with Crippen LogP contribution in [0.1, 0.15) is 37.0 Å². The number of fused-ring (bicyclic) bond motifs is 2. The maximum absolute atomic E-state index is 13.9. The molecule has 2 amide bonds. The van der Waals surface area contributed by atoms with Gasteiger partial charge in [-0.25, -0.2) is 18.6 Å². The molecular weight excluding hydrogens is 507 g/mol. The molecule has 0 aliphatic carbocycles. The second kappa shape index (κ2) is 8.48. The molecule has 0 aromatic carbocycles. The SMILES string of the molecule is CC1(C)CC(N2CCC(F)(F)C2)CN1c1nc(Cl)c(Cl)c2c1C(=O)N1CCN(C(=O)O)C[C@@H]1CO2. The van der Waals surface area contributed by atoms with E-state index in [0.29, 0.717) is 25.3 Å². The first-order chi connectivity index (χ1) is 16.4. The number of alkyl halides is 2. The van der Waals surface area contributed by atoms with E-state index in [-0.39, 0.29) is 72.6 Å². The van der Waals surface area contributed by atoms with Crippen LogP contribution in [0, 0.1) is 0 Å². The first-order valence-corrected chi connectivity index (χ1v) is 12.3. The summed E-state index contributed by atoms with van der Waals surface area (Å²) in [4.78, 5) is 36.4. The number of nitrogens with zero attached hydrogens (tertiary/aromatic N) is 5. The van der Waals surface area contributed by atoms with E-state index in [9.17, 15) is 23.5 Å². The molecule has 0 bridgehead atoms. The number of anilines is 1. The average Bonchev–Trinajstić information content (AvgIpc) is 3.26. The van der Waals surface area contributed by atoms with E-state index in [1.807, 2.05) is 18.7 Å². The molecule has 35 heavy (non-hydrogen) atoms. The lowest BCUT2D eigenvalue weighted by atomic mass is 9.99. The molecule has 5 rings (SSSR count). The van der Waals surface area contributed by atoms with Gasteiger partial charge in [-0.2, -0.15) is 0 Å². The van der Waals surface area contributed by atoms with Crippen molar-refractivity contribution in [3.63, 3.8) is 0 Å². The van der Waals surface area contributed by atoms with Crippen molar-refractivity contribution in [1.29, 1.82) is 0 Å². The van der Waals surface area contributed by atoms with Gasteiger partial charge in [0, 0.05) is 50.7 Å². The summed E-state index contributed by atoms with van der Waals surface area (Å²) < 4.78 is 33.8. The number of hydrogen-bond acceptors (Lipinski definition) is 6. The minimum absolute atomic E-state index is 0.0152. The highest BCUT2D eigenvalue weighted by molar-refractivity contribution is 6.42. The predicted octanol–water partition coefficient (Wildman–Crippen LogP) is 3.28. The van der Waals surface area contributed by atoms with E-state index >= 15 is 0 Å². The minimum Gasteiger partial charge on any atom is -0.489 e. The van der Waals surface area contributed by atoms with E-state index in [1.165, 1.54) is 4.90 Å². The summed E-state index contributed by atoms with van der Waals surface area (Å²) in [5.41, 5.74) is -0.333. The largest absolute Gasteiger partial charge is 0.489 e. The molecular formula is C22H27Cl2F2N5O4. The minimum atomic E-state index is -2.70. The number of amides is 2. The maximum Gasteiger partial charge on any atom is 0.407 e. The maximum atomic E-state index is 13.9. The van der Waals surface area contributed by atoms with Crippen LogP contribution in [0.3, 0.4) is 0 Å². The molecule has 1 unspecified atom stereocenters. The Bertz CT molecular complexity index is 1070. The van der Waals surface area contributed by atoms with Gasteiger partial charge < -0.3 is 24.5 Å². The first-order valence-electron chi connectivity index (χ1n) is 11.6. The molecule has 1 aromatic heterocycles. The molecule has 2 atom stereocenters. The van der Waals surface area contributed by atoms with Crippen LogP contribution in [0.2, 0.25) is 10.2 Å². The van der Waals surface area contributed by atoms with Crippen molar-refractivity contribution in [2.75, 3.05) is 50.8 Å². The van der Waals surface area contributed by atoms with Crippen LogP contribution in [0.5, 0.6) is 5.75 Å². The lowest BCUT2D eigenvalue weighted by Crippen LogP contribution is -2.57. The standard InChI is InChI=1S/C22H27Cl2F2N5O4/c1-21(2)7-12(29-4-3-22(25,26)11-29)9-31(21)18-14-16(15(23)17(24)27-18)35-10-13-8-28(20(33)34)5-6-30(13)19(14)32/h12-13H,3-11H2,1-2H3,(H,33,34)/t12?,13-/m1/s1. The van der Waals surface area contributed by atoms with Crippen LogP contribution in [0.15, 0.2) is 0 Å². The summed E-state index contributed by atoms with van der Waals surface area (Å²) in [6, 6.07) is -0.632. The van der Waals surface area contributed by atoms with Gasteiger partial charge in [0.05, 0.1) is 12.6 Å². The number of carbonyl (C=O) groups excluding carboxylic acids is 1. The van der Waals surface area contributed by atoms with Crippen molar-refractivity contribution in [3.05, 3.63) is 15.7 Å². The third-order valence-corrected chi connectivity index (χ3v) is 8.23. The molecule has 0 spiro atoms. The lowest BCUT2D eigenvalue weighted by molar-refractivity contribution is 0.00826. The van der Waals surface area contributed by atoms with Crippen LogP contribution in [-0.4, -0.2) is 106 Å². The Labute approximate surface area is 211 Å². The van der Waals surface area contributed by atoms with Crippen molar-refractivity contribution in [3.8, 4) is 5.75 Å². The van der Waals surface area contributed by atoms with Gasteiger partial charge in [-0.15, -0.1) is 0 Å². The van der Waals surface area contributed by atoms with Crippen molar-refractivity contribution < 1.29 is 28.2 Å². The number of carbonyl (C=O) groups is 2. The van der Waals surface area contributed by atoms with Gasteiger partial charge in [0.15, 0.2) is 10.9 Å². The fourth-order valence-corrected chi connectivity index (χ4v) is 6.05. The van der Waals surface area contributed by atoms with Crippen LogP contribution < -0.4 is 9.64 Å². The van der Waals surface area contributed by atoms with Gasteiger partial charge in [-0.3, -0.25) is 9.69 Å². The highest BCUT2D eigenvalue weighted by Crippen LogP contribution is 2.46. The number of carboxylic acid groups (broad SMARTS) is 1. The van der Waals surface area contributed by atoms with Crippen LogP contribution in [0.4, 0.5) is 19.4 Å². The molecule has 5 heterocycles. The molecule has 3 fully saturated rings. The highest BCUT2D eigenvalue weighted by atomic mass is 35.5. The number of aromatic nitrogens is 1. The Morgan fingerprint density at radius 2 is 1.91 bits per heavy atom. The van der Waals surface area contributed by atoms with Crippen molar-refractivity contribution in [1.82, 2.24) is 19.7 Å². The molecule has 4 aliphatic rings. The van der Waals surface area contributed by atoms with Gasteiger partial charge in [-0.1, -0.05) is 23.2 Å². The Morgan fingerprint density at radius 1 is 1.17 bits per heavy atom. The first kappa shape index (κ1) is 24.6. The fourth-order valence-electron chi connectivity index (χ4n) is 5.69. The molecule has 192 valence electrons. The zero-order valence-corrected chi connectivity index (χ0v) is 21.0. The summed E-state index contributed by atoms with van der Waals surface area (Å²) in [7, 11) is 0. The van der Waals surface area contributed by atoms with E-state index in [1.54, 1.807) is 9.80 Å². The van der Waals surface area contributed by atoms with Crippen LogP contribution >= 0.6 is 23.2 Å². The third kappa shape index (κ3) is 4.25. The zero-order chi connectivity index (χ0) is 25.3. The van der Waals surface area contributed by atoms with E-state index in [4.69, 9.17) is 27.9 Å². The predicted molar refractivity (Wildman–Crippen MR) is 125 cm³/mol. The molecule has 1 N–H and O–H groups in total. The van der Waals surface area contributed by atoms with Gasteiger partial charge >= 0.3 is 6.09 Å². The molecule has 9 nitrogen and oxygen atoms in total. The van der Waals surface area contributed by atoms with Gasteiger partial charge in [0.25, 0.3) is 11.8 Å². The lowest BCUT2D eigenvalue weighted by Gasteiger charge is -2.39. The smallest absolute Gasteiger partial charge is 0.407 e. The number of halogens is 4. The molecule has 13 heteroatoms. The van der Waals surface area contributed by atoms with Crippen LogP contribution in [-0.2, 0) is 0 Å². The number of hydrogen-bond donors (Lipinski definition) is 1. The van der Waals surface area contributed by atoms with Crippen LogP contribution in [0.25, 0.3) is 0 Å². The average molecular weight is 534 g/mol. The zero-order valence-electron chi connectivity index (χ0n) is 19.4. The summed E-state index contributed by atoms with van der Waals surface area (Å²) >= 11 is 12.8.